The van der Waals surface area contributed by atoms with Crippen molar-refractivity contribution < 1.29 is 79.1 Å². The molecule has 0 aromatic heterocycles. The Kier molecular flexibility index (Phi) is 59.6. The number of carboxylic acids is 3. The van der Waals surface area contributed by atoms with E-state index in [1.807, 2.05) is 0 Å². The van der Waals surface area contributed by atoms with Gasteiger partial charge in [0.1, 0.15) is 0 Å². The fraction of sp³-hybridized carbons (Fsp3) is 0.929. The van der Waals surface area contributed by atoms with Gasteiger partial charge in [-0.05, 0) is 19.3 Å². The number of carboxylic acid groups (broad SMARTS) is 3. The molecule has 3 N–H and O–H groups in total. The predicted octanol–water partition coefficient (Wildman–Crippen LogP) is 14.3. The van der Waals surface area contributed by atoms with Crippen LogP contribution in [0.5, 0.6) is 0 Å². The van der Waals surface area contributed by atoms with Gasteiger partial charge >= 0.3 is 17.9 Å². The quantitative estimate of drug-likeness (QED) is 0.0542. The molecule has 0 fully saturated rings. The third-order valence-corrected chi connectivity index (χ3v) is 8.98. The first-order valence-corrected chi connectivity index (χ1v) is 21.0. The number of aliphatic carboxylic acids is 3. The summed E-state index contributed by atoms with van der Waals surface area (Å²) in [5, 5.41) is 25.4. The van der Waals surface area contributed by atoms with Gasteiger partial charge in [-0.3, -0.25) is 14.4 Å². The van der Waals surface area contributed by atoms with Crippen molar-refractivity contribution >= 4 is 17.9 Å². The van der Waals surface area contributed by atoms with Gasteiger partial charge in [0.2, 0.25) is 0 Å². The molecule has 0 atom stereocenters. The van der Waals surface area contributed by atoms with Crippen LogP contribution < -0.4 is 0 Å². The summed E-state index contributed by atoms with van der Waals surface area (Å²) < 4.78 is 0. The fourth-order valence-electron chi connectivity index (χ4n) is 5.82. The molecule has 49 heavy (non-hydrogen) atoms. The summed E-state index contributed by atoms with van der Waals surface area (Å²) in [6, 6.07) is 0. The molecule has 0 aromatic rings. The molecule has 0 aliphatic heterocycles. The van der Waals surface area contributed by atoms with Gasteiger partial charge in [-0.15, -0.1) is 0 Å². The average Bonchev–Trinajstić information content (AvgIpc) is 3.05. The normalized spacial score (nSPS) is 10.3. The first-order chi connectivity index (χ1) is 23.3. The van der Waals surface area contributed by atoms with Gasteiger partial charge in [0.15, 0.2) is 0 Å². The van der Waals surface area contributed by atoms with E-state index in [1.165, 1.54) is 173 Å². The number of hydrogen-bond donors (Lipinski definition) is 3. The Morgan fingerprint density at radius 2 is 0.388 bits per heavy atom. The maximum atomic E-state index is 10.3. The third kappa shape index (κ3) is 66.8. The predicted molar refractivity (Wildman–Crippen MR) is 206 cm³/mol. The molecule has 0 aliphatic carbocycles. The minimum Gasteiger partial charge on any atom is -0.481 e. The van der Waals surface area contributed by atoms with Crippen molar-refractivity contribution in [3.8, 4) is 0 Å². The number of unbranched alkanes of at least 4 members (excludes halogenated alkanes) is 30. The second-order valence-electron chi connectivity index (χ2n) is 14.0. The SMILES string of the molecule is CCCCCCCCCCCCCC(=O)O.CCCCCCCCCCCCCC(=O)O.CCCCCCCCCCCCCC(=O)O.[Eu]. The van der Waals surface area contributed by atoms with Crippen molar-refractivity contribution in [2.24, 2.45) is 0 Å². The molecule has 0 heterocycles. The smallest absolute Gasteiger partial charge is 0.303 e. The van der Waals surface area contributed by atoms with Crippen LogP contribution in [-0.2, 0) is 14.4 Å². The molecule has 295 valence electrons. The van der Waals surface area contributed by atoms with Crippen molar-refractivity contribution in [1.29, 1.82) is 0 Å². The largest absolute Gasteiger partial charge is 0.481 e. The van der Waals surface area contributed by atoms with Crippen molar-refractivity contribution in [2.75, 3.05) is 0 Å². The average molecular weight is 837 g/mol. The van der Waals surface area contributed by atoms with Crippen LogP contribution >= 0.6 is 0 Å². The molecule has 0 saturated carbocycles. The van der Waals surface area contributed by atoms with E-state index in [2.05, 4.69) is 20.8 Å². The Morgan fingerprint density at radius 1 is 0.265 bits per heavy atom. The minimum absolute atomic E-state index is 0. The van der Waals surface area contributed by atoms with Gasteiger partial charge in [-0.1, -0.05) is 213 Å². The second kappa shape index (κ2) is 52.4. The van der Waals surface area contributed by atoms with E-state index in [9.17, 15) is 14.4 Å². The van der Waals surface area contributed by atoms with Gasteiger partial charge < -0.3 is 15.3 Å². The Morgan fingerprint density at radius 3 is 0.510 bits per heavy atom. The summed E-state index contributed by atoms with van der Waals surface area (Å²) in [5.41, 5.74) is 0. The van der Waals surface area contributed by atoms with Crippen LogP contribution in [0.25, 0.3) is 0 Å². The molecule has 0 unspecified atom stereocenters. The molecule has 0 aromatic carbocycles. The Hall–Kier alpha value is -0.00558. The van der Waals surface area contributed by atoms with Crippen molar-refractivity contribution in [3.63, 3.8) is 0 Å². The summed E-state index contributed by atoms with van der Waals surface area (Å²) in [4.78, 5) is 30.8. The number of hydrogen-bond acceptors (Lipinski definition) is 3. The molecule has 0 bridgehead atoms. The maximum Gasteiger partial charge on any atom is 0.303 e. The summed E-state index contributed by atoms with van der Waals surface area (Å²) in [6.07, 6.45) is 43.1. The molecule has 0 spiro atoms. The zero-order valence-corrected chi connectivity index (χ0v) is 35.3. The topological polar surface area (TPSA) is 112 Å². The molecular formula is C42H84EuO6. The van der Waals surface area contributed by atoms with Crippen LogP contribution in [0, 0.1) is 49.4 Å². The van der Waals surface area contributed by atoms with Crippen LogP contribution in [0.3, 0.4) is 0 Å². The summed E-state index contributed by atoms with van der Waals surface area (Å²) in [6.45, 7) is 6.74. The first kappa shape index (κ1) is 55.7. The molecule has 0 aliphatic rings. The van der Waals surface area contributed by atoms with E-state index in [-0.39, 0.29) is 49.4 Å². The number of rotatable bonds is 36. The van der Waals surface area contributed by atoms with Crippen LogP contribution in [0.2, 0.25) is 0 Å². The molecule has 1 radical (unpaired) electrons. The molecule has 6 nitrogen and oxygen atoms in total. The Balaban J connectivity index is -0.000000307. The van der Waals surface area contributed by atoms with Gasteiger partial charge in [-0.25, -0.2) is 0 Å². The monoisotopic (exact) mass is 838 g/mol. The third-order valence-electron chi connectivity index (χ3n) is 8.98. The first-order valence-electron chi connectivity index (χ1n) is 21.0. The van der Waals surface area contributed by atoms with Crippen molar-refractivity contribution in [1.82, 2.24) is 0 Å². The summed E-state index contributed by atoms with van der Waals surface area (Å²) in [7, 11) is 0. The summed E-state index contributed by atoms with van der Waals surface area (Å²) in [5.74, 6) is -1.97. The Bertz CT molecular complexity index is 557. The van der Waals surface area contributed by atoms with Crippen LogP contribution in [0.4, 0.5) is 0 Å². The Labute approximate surface area is 346 Å². The van der Waals surface area contributed by atoms with E-state index >= 15 is 0 Å². The van der Waals surface area contributed by atoms with Crippen LogP contribution in [-0.4, -0.2) is 33.2 Å². The van der Waals surface area contributed by atoms with E-state index < -0.39 is 17.9 Å². The minimum atomic E-state index is -0.657. The summed E-state index contributed by atoms with van der Waals surface area (Å²) >= 11 is 0. The standard InChI is InChI=1S/3C14H28O2.Eu/c3*1-2-3-4-5-6-7-8-9-10-11-12-13-14(15)16;/h3*2-13H2,1H3,(H,15,16);. The molecule has 0 rings (SSSR count). The number of carbonyl (C=O) groups is 3. The molecule has 0 saturated heterocycles. The van der Waals surface area contributed by atoms with E-state index in [1.54, 1.807) is 0 Å². The van der Waals surface area contributed by atoms with Gasteiger partial charge in [0, 0.05) is 68.6 Å². The zero-order valence-electron chi connectivity index (χ0n) is 32.9. The molecular weight excluding hydrogens is 752 g/mol. The van der Waals surface area contributed by atoms with Crippen LogP contribution in [0.1, 0.15) is 252 Å². The van der Waals surface area contributed by atoms with E-state index in [0.29, 0.717) is 19.3 Å². The molecule has 7 heteroatoms. The van der Waals surface area contributed by atoms with Crippen molar-refractivity contribution in [3.05, 3.63) is 0 Å². The second-order valence-corrected chi connectivity index (χ2v) is 14.0. The van der Waals surface area contributed by atoms with E-state index in [0.717, 1.165) is 38.5 Å². The van der Waals surface area contributed by atoms with Gasteiger partial charge in [-0.2, -0.15) is 0 Å². The van der Waals surface area contributed by atoms with Crippen molar-refractivity contribution in [2.45, 2.75) is 252 Å². The van der Waals surface area contributed by atoms with Gasteiger partial charge in [0.25, 0.3) is 0 Å². The van der Waals surface area contributed by atoms with Gasteiger partial charge in [0.05, 0.1) is 0 Å². The van der Waals surface area contributed by atoms with E-state index in [4.69, 9.17) is 15.3 Å². The maximum absolute atomic E-state index is 10.3. The van der Waals surface area contributed by atoms with Crippen LogP contribution in [0.15, 0.2) is 0 Å². The molecule has 0 amide bonds. The zero-order chi connectivity index (χ0) is 36.2. The fourth-order valence-corrected chi connectivity index (χ4v) is 5.82.